The molecule has 0 aromatic heterocycles. The molecule has 0 heterocycles. The molecular weight excluding hydrogens is 127 g/mol. The van der Waals surface area contributed by atoms with Gasteiger partial charge in [0.1, 0.15) is 0 Å². The van der Waals surface area contributed by atoms with Gasteiger partial charge in [-0.1, -0.05) is 0 Å². The summed E-state index contributed by atoms with van der Waals surface area (Å²) < 4.78 is 3.74. The monoisotopic (exact) mass is 134 g/mol. The van der Waals surface area contributed by atoms with Crippen molar-refractivity contribution in [1.29, 1.82) is 0 Å². The van der Waals surface area contributed by atoms with Gasteiger partial charge >= 0.3 is 38.6 Å². The Bertz CT molecular complexity index is 45.8. The van der Waals surface area contributed by atoms with Gasteiger partial charge in [-0.05, 0) is 0 Å². The Morgan fingerprint density at radius 2 is 1.57 bits per heavy atom. The molecule has 0 aliphatic rings. The Morgan fingerprint density at radius 1 is 1.43 bits per heavy atom. The number of hydrogen-bond donors (Lipinski definition) is 3. The minimum atomic E-state index is -4.13. The van der Waals surface area contributed by atoms with Crippen LogP contribution in [0.2, 0.25) is 0 Å². The van der Waals surface area contributed by atoms with E-state index >= 15 is 0 Å². The van der Waals surface area contributed by atoms with Crippen molar-refractivity contribution in [2.45, 2.75) is 0 Å². The van der Waals surface area contributed by atoms with E-state index in [0.29, 0.717) is 0 Å². The second kappa shape index (κ2) is 3.99. The molecule has 6 heteroatoms. The van der Waals surface area contributed by atoms with Crippen molar-refractivity contribution in [3.8, 4) is 0 Å². The van der Waals surface area contributed by atoms with Crippen molar-refractivity contribution < 1.29 is 49.8 Å². The first-order valence-electron chi connectivity index (χ1n) is 1.28. The van der Waals surface area contributed by atoms with Crippen LogP contribution in [0.4, 0.5) is 0 Å². The third kappa shape index (κ3) is 11.0. The molecule has 0 atom stereocenters. The van der Waals surface area contributed by atoms with Crippen LogP contribution in [-0.2, 0) is 4.43 Å². The van der Waals surface area contributed by atoms with E-state index in [4.69, 9.17) is 14.4 Å². The summed E-state index contributed by atoms with van der Waals surface area (Å²) >= 11 is 0. The van der Waals surface area contributed by atoms with E-state index in [0.717, 1.165) is 7.11 Å². The molecule has 0 aliphatic carbocycles. The molecule has 0 unspecified atom stereocenters. The summed E-state index contributed by atoms with van der Waals surface area (Å²) in [6.07, 6.45) is 0. The van der Waals surface area contributed by atoms with E-state index in [1.54, 1.807) is 0 Å². The van der Waals surface area contributed by atoms with Crippen LogP contribution in [0.5, 0.6) is 0 Å². The summed E-state index contributed by atoms with van der Waals surface area (Å²) in [7, 11) is -3.11. The summed E-state index contributed by atoms with van der Waals surface area (Å²) in [6, 6.07) is 0. The SMILES string of the molecule is CO[Si](O)(O)O.[H-].[Na+]. The third-order valence-electron chi connectivity index (χ3n) is 0.274. The summed E-state index contributed by atoms with van der Waals surface area (Å²) in [4.78, 5) is 23.6. The summed E-state index contributed by atoms with van der Waals surface area (Å²) in [5.41, 5.74) is 0. The van der Waals surface area contributed by atoms with Gasteiger partial charge in [0.2, 0.25) is 0 Å². The number of hydrogen-bond acceptors (Lipinski definition) is 4. The van der Waals surface area contributed by atoms with Gasteiger partial charge in [-0.15, -0.1) is 0 Å². The van der Waals surface area contributed by atoms with Gasteiger partial charge in [0.15, 0.2) is 0 Å². The molecule has 3 N–H and O–H groups in total. The van der Waals surface area contributed by atoms with Crippen LogP contribution >= 0.6 is 0 Å². The van der Waals surface area contributed by atoms with Gasteiger partial charge < -0.3 is 20.2 Å². The van der Waals surface area contributed by atoms with Crippen molar-refractivity contribution in [1.82, 2.24) is 0 Å². The maximum atomic E-state index is 7.85. The Balaban J connectivity index is -0.000000125. The summed E-state index contributed by atoms with van der Waals surface area (Å²) in [5.74, 6) is 0. The molecule has 0 amide bonds. The van der Waals surface area contributed by atoms with Crippen LogP contribution < -0.4 is 29.6 Å². The van der Waals surface area contributed by atoms with Gasteiger partial charge in [-0.3, -0.25) is 0 Å². The molecule has 0 radical (unpaired) electrons. The fourth-order valence-electron chi connectivity index (χ4n) is 0. The predicted molar refractivity (Wildman–Crippen MR) is 20.5 cm³/mol. The van der Waals surface area contributed by atoms with Gasteiger partial charge in [-0.2, -0.15) is 0 Å². The van der Waals surface area contributed by atoms with Crippen LogP contribution in [0.3, 0.4) is 0 Å². The topological polar surface area (TPSA) is 69.9 Å². The summed E-state index contributed by atoms with van der Waals surface area (Å²) in [6.45, 7) is 0. The van der Waals surface area contributed by atoms with Crippen molar-refractivity contribution in [3.63, 3.8) is 0 Å². The first-order valence-corrected chi connectivity index (χ1v) is 3.03. The first kappa shape index (κ1) is 10.9. The Labute approximate surface area is 66.0 Å². The molecule has 0 fully saturated rings. The smallest absolute Gasteiger partial charge is 1.00 e. The fourth-order valence-corrected chi connectivity index (χ4v) is 0. The molecule has 0 saturated heterocycles. The van der Waals surface area contributed by atoms with Crippen molar-refractivity contribution in [3.05, 3.63) is 0 Å². The zero-order valence-electron chi connectivity index (χ0n) is 5.25. The molecule has 0 aromatic rings. The average Bonchev–Trinajstić information content (AvgIpc) is 1.35. The van der Waals surface area contributed by atoms with Crippen molar-refractivity contribution >= 4 is 9.05 Å². The van der Waals surface area contributed by atoms with Crippen LogP contribution in [-0.4, -0.2) is 30.5 Å². The second-order valence-electron chi connectivity index (χ2n) is 0.778. The average molecular weight is 134 g/mol. The molecule has 0 saturated carbocycles. The van der Waals surface area contributed by atoms with E-state index < -0.39 is 9.05 Å². The molecule has 0 aromatic carbocycles. The summed E-state index contributed by atoms with van der Waals surface area (Å²) in [5, 5.41) is 0. The van der Waals surface area contributed by atoms with Crippen LogP contribution in [0.25, 0.3) is 0 Å². The quantitative estimate of drug-likeness (QED) is 0.315. The molecule has 0 spiro atoms. The van der Waals surface area contributed by atoms with E-state index in [9.17, 15) is 0 Å². The van der Waals surface area contributed by atoms with E-state index in [1.807, 2.05) is 0 Å². The van der Waals surface area contributed by atoms with Crippen molar-refractivity contribution in [2.75, 3.05) is 7.11 Å². The standard InChI is InChI=1S/CH6O4Si.Na.H/c1-5-6(2,3)4;;/h2-4H,1H3;;/q;+1;-1. The maximum absolute atomic E-state index is 7.85. The minimum absolute atomic E-state index is 0. The zero-order chi connectivity index (χ0) is 5.21. The Morgan fingerprint density at radius 3 is 1.57 bits per heavy atom. The Kier molecular flexibility index (Phi) is 6.23. The van der Waals surface area contributed by atoms with Crippen LogP contribution in [0.15, 0.2) is 0 Å². The number of rotatable bonds is 1. The molecule has 4 nitrogen and oxygen atoms in total. The molecule has 0 rings (SSSR count). The van der Waals surface area contributed by atoms with Gasteiger partial charge in [-0.25, -0.2) is 0 Å². The van der Waals surface area contributed by atoms with E-state index in [2.05, 4.69) is 4.43 Å². The Hall–Kier alpha value is 1.06. The van der Waals surface area contributed by atoms with E-state index in [1.165, 1.54) is 0 Å². The van der Waals surface area contributed by atoms with Crippen LogP contribution in [0.1, 0.15) is 1.43 Å². The maximum Gasteiger partial charge on any atom is 1.00 e. The van der Waals surface area contributed by atoms with E-state index in [-0.39, 0.29) is 31.0 Å². The first-order chi connectivity index (χ1) is 2.56. The fraction of sp³-hybridized carbons (Fsp3) is 1.00. The second-order valence-corrected chi connectivity index (χ2v) is 2.33. The molecule has 0 aliphatic heterocycles. The minimum Gasteiger partial charge on any atom is -1.00 e. The normalized spacial score (nSPS) is 10.3. The molecular formula is CH7NaO4Si. The van der Waals surface area contributed by atoms with Gasteiger partial charge in [0, 0.05) is 7.11 Å². The largest absolute Gasteiger partial charge is 1.00 e. The van der Waals surface area contributed by atoms with Gasteiger partial charge in [0.05, 0.1) is 0 Å². The molecule has 7 heavy (non-hydrogen) atoms. The van der Waals surface area contributed by atoms with Crippen LogP contribution in [0, 0.1) is 0 Å². The zero-order valence-corrected chi connectivity index (χ0v) is 7.25. The van der Waals surface area contributed by atoms with Gasteiger partial charge in [0.25, 0.3) is 0 Å². The molecule has 0 bridgehead atoms. The predicted octanol–water partition coefficient (Wildman–Crippen LogP) is -4.84. The third-order valence-corrected chi connectivity index (χ3v) is 0.822. The molecule has 40 valence electrons. The van der Waals surface area contributed by atoms with Crippen molar-refractivity contribution in [2.24, 2.45) is 0 Å².